The van der Waals surface area contributed by atoms with E-state index >= 15 is 0 Å². The van der Waals surface area contributed by atoms with Crippen LogP contribution < -0.4 is 5.32 Å². The minimum absolute atomic E-state index is 0.307. The van der Waals surface area contributed by atoms with E-state index < -0.39 is 6.23 Å². The number of aliphatic hydroxyl groups excluding tert-OH is 1. The third kappa shape index (κ3) is 2.55. The Morgan fingerprint density at radius 2 is 2.05 bits per heavy atom. The maximum Gasteiger partial charge on any atom is 0.168 e. The maximum atomic E-state index is 13.0. The highest BCUT2D eigenvalue weighted by molar-refractivity contribution is 5.87. The van der Waals surface area contributed by atoms with E-state index in [0.717, 1.165) is 0 Å². The zero-order chi connectivity index (χ0) is 14.8. The van der Waals surface area contributed by atoms with Crippen molar-refractivity contribution in [1.29, 1.82) is 0 Å². The quantitative estimate of drug-likeness (QED) is 0.719. The highest BCUT2D eigenvalue weighted by Crippen LogP contribution is 2.22. The minimum Gasteiger partial charge on any atom is -0.374 e. The lowest BCUT2D eigenvalue weighted by Gasteiger charge is -2.11. The van der Waals surface area contributed by atoms with Crippen molar-refractivity contribution in [2.45, 2.75) is 19.6 Å². The number of hydrogen-bond donors (Lipinski definition) is 2. The summed E-state index contributed by atoms with van der Waals surface area (Å²) in [5.41, 5.74) is 1.29. The van der Waals surface area contributed by atoms with Crippen LogP contribution in [0.15, 0.2) is 36.8 Å². The van der Waals surface area contributed by atoms with E-state index in [4.69, 9.17) is 0 Å². The number of benzene rings is 1. The standard InChI is InChI=1S/C14H14FN5O/c1-2-12(21)19-13-11-7-18-20(14(11)17-8-16-13)10-5-3-9(15)4-6-10/h3-8,12,21H,2H2,1H3,(H,16,17,19). The number of nitrogens with zero attached hydrogens (tertiary/aromatic N) is 4. The maximum absolute atomic E-state index is 13.0. The van der Waals surface area contributed by atoms with Gasteiger partial charge in [0.25, 0.3) is 0 Å². The number of aliphatic hydroxyl groups is 1. The molecular formula is C14H14FN5O. The first kappa shape index (κ1) is 13.4. The van der Waals surface area contributed by atoms with E-state index in [1.165, 1.54) is 18.5 Å². The Labute approximate surface area is 120 Å². The Morgan fingerprint density at radius 1 is 1.29 bits per heavy atom. The molecule has 3 aromatic rings. The molecule has 7 heteroatoms. The monoisotopic (exact) mass is 287 g/mol. The summed E-state index contributed by atoms with van der Waals surface area (Å²) in [6.07, 6.45) is 2.88. The van der Waals surface area contributed by atoms with Gasteiger partial charge in [0.1, 0.15) is 24.2 Å². The molecule has 0 aliphatic carbocycles. The van der Waals surface area contributed by atoms with Gasteiger partial charge in [0.15, 0.2) is 5.65 Å². The predicted octanol–water partition coefficient (Wildman–Crippen LogP) is 2.09. The van der Waals surface area contributed by atoms with Crippen molar-refractivity contribution in [3.63, 3.8) is 0 Å². The van der Waals surface area contributed by atoms with Crippen LogP contribution >= 0.6 is 0 Å². The van der Waals surface area contributed by atoms with Gasteiger partial charge >= 0.3 is 0 Å². The fourth-order valence-corrected chi connectivity index (χ4v) is 1.99. The number of hydrogen-bond acceptors (Lipinski definition) is 5. The number of halogens is 1. The first-order valence-corrected chi connectivity index (χ1v) is 6.58. The molecule has 0 bridgehead atoms. The van der Waals surface area contributed by atoms with Gasteiger partial charge in [-0.1, -0.05) is 6.92 Å². The predicted molar refractivity (Wildman–Crippen MR) is 76.5 cm³/mol. The van der Waals surface area contributed by atoms with E-state index in [1.54, 1.807) is 23.0 Å². The number of nitrogens with one attached hydrogen (secondary N) is 1. The van der Waals surface area contributed by atoms with Crippen LogP contribution in [0.4, 0.5) is 10.2 Å². The lowest BCUT2D eigenvalue weighted by Crippen LogP contribution is -2.18. The Kier molecular flexibility index (Phi) is 3.49. The molecule has 6 nitrogen and oxygen atoms in total. The van der Waals surface area contributed by atoms with Gasteiger partial charge in [-0.25, -0.2) is 19.0 Å². The van der Waals surface area contributed by atoms with Crippen molar-refractivity contribution in [3.8, 4) is 5.69 Å². The largest absolute Gasteiger partial charge is 0.374 e. The fourth-order valence-electron chi connectivity index (χ4n) is 1.99. The van der Waals surface area contributed by atoms with Crippen molar-refractivity contribution >= 4 is 16.9 Å². The first-order valence-electron chi connectivity index (χ1n) is 6.58. The fraction of sp³-hybridized carbons (Fsp3) is 0.214. The summed E-state index contributed by atoms with van der Waals surface area (Å²) >= 11 is 0. The molecule has 2 aromatic heterocycles. The molecule has 0 fully saturated rings. The van der Waals surface area contributed by atoms with Crippen LogP contribution in [0, 0.1) is 5.82 Å². The number of aromatic nitrogens is 4. The molecule has 0 spiro atoms. The van der Waals surface area contributed by atoms with Crippen LogP contribution in [0.25, 0.3) is 16.7 Å². The summed E-state index contributed by atoms with van der Waals surface area (Å²) in [4.78, 5) is 8.33. The second kappa shape index (κ2) is 5.45. The van der Waals surface area contributed by atoms with Crippen molar-refractivity contribution < 1.29 is 9.50 Å². The van der Waals surface area contributed by atoms with Gasteiger partial charge in [0, 0.05) is 0 Å². The average molecular weight is 287 g/mol. The third-order valence-electron chi connectivity index (χ3n) is 3.13. The van der Waals surface area contributed by atoms with E-state index in [9.17, 15) is 9.50 Å². The molecule has 0 saturated heterocycles. The molecule has 0 aliphatic rings. The van der Waals surface area contributed by atoms with E-state index in [-0.39, 0.29) is 5.82 Å². The summed E-state index contributed by atoms with van der Waals surface area (Å²) in [5, 5.41) is 17.5. The summed E-state index contributed by atoms with van der Waals surface area (Å²) in [7, 11) is 0. The Hall–Kier alpha value is -2.54. The third-order valence-corrected chi connectivity index (χ3v) is 3.13. The molecule has 3 rings (SSSR count). The van der Waals surface area contributed by atoms with Crippen molar-refractivity contribution in [2.75, 3.05) is 5.32 Å². The Morgan fingerprint density at radius 3 is 2.76 bits per heavy atom. The summed E-state index contributed by atoms with van der Waals surface area (Å²) < 4.78 is 14.6. The molecule has 0 radical (unpaired) electrons. The van der Waals surface area contributed by atoms with Crippen LogP contribution in [0.1, 0.15) is 13.3 Å². The van der Waals surface area contributed by atoms with Gasteiger partial charge in [-0.3, -0.25) is 0 Å². The van der Waals surface area contributed by atoms with Gasteiger partial charge < -0.3 is 10.4 Å². The van der Waals surface area contributed by atoms with E-state index in [0.29, 0.717) is 29.0 Å². The van der Waals surface area contributed by atoms with Crippen molar-refractivity contribution in [3.05, 3.63) is 42.6 Å². The first-order chi connectivity index (χ1) is 10.2. The van der Waals surface area contributed by atoms with Crippen LogP contribution in [0.3, 0.4) is 0 Å². The molecule has 0 saturated carbocycles. The highest BCUT2D eigenvalue weighted by Gasteiger charge is 2.12. The molecule has 21 heavy (non-hydrogen) atoms. The van der Waals surface area contributed by atoms with Crippen molar-refractivity contribution in [1.82, 2.24) is 19.7 Å². The van der Waals surface area contributed by atoms with E-state index in [1.807, 2.05) is 6.92 Å². The number of anilines is 1. The average Bonchev–Trinajstić information content (AvgIpc) is 2.93. The lowest BCUT2D eigenvalue weighted by molar-refractivity contribution is 0.199. The topological polar surface area (TPSA) is 75.9 Å². The zero-order valence-corrected chi connectivity index (χ0v) is 11.4. The second-order valence-corrected chi connectivity index (χ2v) is 4.56. The Balaban J connectivity index is 2.06. The minimum atomic E-state index is -0.683. The summed E-state index contributed by atoms with van der Waals surface area (Å²) in [6, 6.07) is 5.98. The van der Waals surface area contributed by atoms with Gasteiger partial charge in [-0.15, -0.1) is 0 Å². The molecule has 1 aromatic carbocycles. The SMILES string of the molecule is CCC(O)Nc1ncnc2c1cnn2-c1ccc(F)cc1. The second-order valence-electron chi connectivity index (χ2n) is 4.56. The normalized spacial score (nSPS) is 12.5. The van der Waals surface area contributed by atoms with Gasteiger partial charge in [0.2, 0.25) is 0 Å². The van der Waals surface area contributed by atoms with Gasteiger partial charge in [0.05, 0.1) is 17.3 Å². The zero-order valence-electron chi connectivity index (χ0n) is 11.4. The summed E-state index contributed by atoms with van der Waals surface area (Å²) in [5.74, 6) is 0.209. The van der Waals surface area contributed by atoms with E-state index in [2.05, 4.69) is 20.4 Å². The molecule has 2 heterocycles. The molecular weight excluding hydrogens is 273 g/mol. The molecule has 0 amide bonds. The number of fused-ring (bicyclic) bond motifs is 1. The summed E-state index contributed by atoms with van der Waals surface area (Å²) in [6.45, 7) is 1.86. The smallest absolute Gasteiger partial charge is 0.168 e. The van der Waals surface area contributed by atoms with Gasteiger partial charge in [-0.05, 0) is 30.7 Å². The molecule has 1 atom stereocenters. The molecule has 2 N–H and O–H groups in total. The molecule has 1 unspecified atom stereocenters. The molecule has 108 valence electrons. The lowest BCUT2D eigenvalue weighted by atomic mass is 10.3. The van der Waals surface area contributed by atoms with Crippen LogP contribution in [-0.2, 0) is 0 Å². The Bertz CT molecular complexity index is 756. The van der Waals surface area contributed by atoms with Gasteiger partial charge in [-0.2, -0.15) is 5.10 Å². The van der Waals surface area contributed by atoms with Crippen molar-refractivity contribution in [2.24, 2.45) is 0 Å². The highest BCUT2D eigenvalue weighted by atomic mass is 19.1. The number of rotatable bonds is 4. The molecule has 0 aliphatic heterocycles. The van der Waals surface area contributed by atoms with Crippen LogP contribution in [0.2, 0.25) is 0 Å². The van der Waals surface area contributed by atoms with Crippen LogP contribution in [0.5, 0.6) is 0 Å². The van der Waals surface area contributed by atoms with Crippen LogP contribution in [-0.4, -0.2) is 31.1 Å².